The molecular formula is C34H38N2O5. The third-order valence-corrected chi connectivity index (χ3v) is 7.71. The van der Waals surface area contributed by atoms with Crippen LogP contribution < -0.4 is 14.2 Å². The SMILES string of the molecule is COc1cc2c(Oc3ccc(C)cc3C(=O)c3ccccc3)ccnc2cc1OCCCCN1CCC(CO)CC1. The van der Waals surface area contributed by atoms with Crippen molar-refractivity contribution >= 4 is 16.7 Å². The number of benzene rings is 3. The topological polar surface area (TPSA) is 81.1 Å². The highest BCUT2D eigenvalue weighted by Gasteiger charge is 2.19. The van der Waals surface area contributed by atoms with E-state index in [1.807, 2.05) is 67.6 Å². The summed E-state index contributed by atoms with van der Waals surface area (Å²) in [7, 11) is 1.62. The van der Waals surface area contributed by atoms with Crippen LogP contribution in [0, 0.1) is 12.8 Å². The number of unbranched alkanes of at least 4 members (excludes halogenated alkanes) is 1. The predicted octanol–water partition coefficient (Wildman–Crippen LogP) is 6.44. The lowest BCUT2D eigenvalue weighted by atomic mass is 9.98. The number of aryl methyl sites for hydroxylation is 1. The number of nitrogens with zero attached hydrogens (tertiary/aromatic N) is 2. The molecule has 0 spiro atoms. The summed E-state index contributed by atoms with van der Waals surface area (Å²) in [6.45, 7) is 6.02. The van der Waals surface area contributed by atoms with E-state index in [0.717, 1.165) is 56.3 Å². The summed E-state index contributed by atoms with van der Waals surface area (Å²) in [5.74, 6) is 2.68. The molecule has 5 rings (SSSR count). The lowest BCUT2D eigenvalue weighted by molar-refractivity contribution is 0.103. The van der Waals surface area contributed by atoms with Crippen LogP contribution in [0.2, 0.25) is 0 Å². The molecule has 1 aliphatic heterocycles. The highest BCUT2D eigenvalue weighted by Crippen LogP contribution is 2.38. The van der Waals surface area contributed by atoms with Crippen molar-refractivity contribution in [3.8, 4) is 23.0 Å². The number of aromatic nitrogens is 1. The van der Waals surface area contributed by atoms with Crippen molar-refractivity contribution in [1.82, 2.24) is 9.88 Å². The van der Waals surface area contributed by atoms with Gasteiger partial charge in [0.2, 0.25) is 0 Å². The van der Waals surface area contributed by atoms with Crippen molar-refractivity contribution < 1.29 is 24.1 Å². The van der Waals surface area contributed by atoms with Gasteiger partial charge in [-0.3, -0.25) is 9.78 Å². The van der Waals surface area contributed by atoms with Gasteiger partial charge < -0.3 is 24.2 Å². The maximum Gasteiger partial charge on any atom is 0.196 e. The first-order valence-corrected chi connectivity index (χ1v) is 14.4. The molecule has 7 heteroatoms. The number of pyridine rings is 1. The van der Waals surface area contributed by atoms with Gasteiger partial charge >= 0.3 is 0 Å². The second-order valence-corrected chi connectivity index (χ2v) is 10.6. The molecule has 0 radical (unpaired) electrons. The molecule has 214 valence electrons. The Hall–Kier alpha value is -3.94. The molecule has 1 saturated heterocycles. The monoisotopic (exact) mass is 554 g/mol. The smallest absolute Gasteiger partial charge is 0.196 e. The van der Waals surface area contributed by atoms with Gasteiger partial charge in [-0.05, 0) is 82.4 Å². The average Bonchev–Trinajstić information content (AvgIpc) is 3.01. The van der Waals surface area contributed by atoms with E-state index in [1.165, 1.54) is 0 Å². The van der Waals surface area contributed by atoms with Crippen LogP contribution in [0.5, 0.6) is 23.0 Å². The lowest BCUT2D eigenvalue weighted by Crippen LogP contribution is -2.35. The Kier molecular flexibility index (Phi) is 9.49. The van der Waals surface area contributed by atoms with E-state index in [0.29, 0.717) is 58.8 Å². The summed E-state index contributed by atoms with van der Waals surface area (Å²) in [6, 6.07) is 20.4. The Morgan fingerprint density at radius 2 is 1.76 bits per heavy atom. The van der Waals surface area contributed by atoms with Crippen LogP contribution in [0.4, 0.5) is 0 Å². The Labute approximate surface area is 241 Å². The molecule has 0 unspecified atom stereocenters. The third-order valence-electron chi connectivity index (χ3n) is 7.71. The molecule has 1 aromatic heterocycles. The summed E-state index contributed by atoms with van der Waals surface area (Å²) in [5.41, 5.74) is 2.81. The summed E-state index contributed by atoms with van der Waals surface area (Å²) in [5, 5.41) is 10.1. The predicted molar refractivity (Wildman–Crippen MR) is 160 cm³/mol. The first-order chi connectivity index (χ1) is 20.1. The first kappa shape index (κ1) is 28.6. The molecule has 0 aliphatic carbocycles. The minimum absolute atomic E-state index is 0.0921. The van der Waals surface area contributed by atoms with Gasteiger partial charge in [0.25, 0.3) is 0 Å². The van der Waals surface area contributed by atoms with Gasteiger partial charge in [-0.1, -0.05) is 42.0 Å². The fourth-order valence-corrected chi connectivity index (χ4v) is 5.28. The zero-order valence-electron chi connectivity index (χ0n) is 23.8. The molecule has 1 fully saturated rings. The van der Waals surface area contributed by atoms with Crippen molar-refractivity contribution in [2.24, 2.45) is 5.92 Å². The maximum absolute atomic E-state index is 13.3. The molecule has 3 aromatic carbocycles. The van der Waals surface area contributed by atoms with E-state index >= 15 is 0 Å². The molecule has 2 heterocycles. The van der Waals surface area contributed by atoms with E-state index in [4.69, 9.17) is 14.2 Å². The number of fused-ring (bicyclic) bond motifs is 1. The Morgan fingerprint density at radius 1 is 0.951 bits per heavy atom. The Morgan fingerprint density at radius 3 is 2.51 bits per heavy atom. The summed E-state index contributed by atoms with van der Waals surface area (Å²) < 4.78 is 18.2. The second kappa shape index (κ2) is 13.6. The maximum atomic E-state index is 13.3. The van der Waals surface area contributed by atoms with Gasteiger partial charge in [-0.25, -0.2) is 0 Å². The van der Waals surface area contributed by atoms with Gasteiger partial charge in [0.15, 0.2) is 17.3 Å². The summed E-state index contributed by atoms with van der Waals surface area (Å²) >= 11 is 0. The largest absolute Gasteiger partial charge is 0.493 e. The van der Waals surface area contributed by atoms with Crippen LogP contribution in [-0.4, -0.2) is 60.7 Å². The molecule has 0 amide bonds. The first-order valence-electron chi connectivity index (χ1n) is 14.4. The molecule has 1 N–H and O–H groups in total. The molecule has 1 aliphatic rings. The van der Waals surface area contributed by atoms with E-state index in [1.54, 1.807) is 19.4 Å². The van der Waals surface area contributed by atoms with Crippen LogP contribution in [0.15, 0.2) is 72.9 Å². The highest BCUT2D eigenvalue weighted by atomic mass is 16.5. The standard InChI is InChI=1S/C34H38N2O5/c1-24-10-11-30(28(20-24)34(38)26-8-4-3-5-9-26)41-31-12-15-35-29-22-33(32(39-2)21-27(29)31)40-19-7-6-16-36-17-13-25(23-37)14-18-36/h3-5,8-12,15,20-22,25,37H,6-7,13-14,16-19,23H2,1-2H3. The third kappa shape index (κ3) is 7.04. The molecule has 7 nitrogen and oxygen atoms in total. The normalized spacial score (nSPS) is 14.2. The van der Waals surface area contributed by atoms with Crippen molar-refractivity contribution in [3.63, 3.8) is 0 Å². The summed E-state index contributed by atoms with van der Waals surface area (Å²) in [4.78, 5) is 20.4. The zero-order chi connectivity index (χ0) is 28.6. The number of aliphatic hydroxyl groups is 1. The number of ketones is 1. The number of piperidine rings is 1. The van der Waals surface area contributed by atoms with Crippen molar-refractivity contribution in [2.75, 3.05) is 40.0 Å². The van der Waals surface area contributed by atoms with Crippen molar-refractivity contribution in [3.05, 3.63) is 89.6 Å². The number of carbonyl (C=O) groups excluding carboxylic acids is 1. The van der Waals surface area contributed by atoms with Crippen LogP contribution in [0.3, 0.4) is 0 Å². The molecule has 4 aromatic rings. The van der Waals surface area contributed by atoms with Gasteiger partial charge in [0, 0.05) is 29.8 Å². The Bertz CT molecular complexity index is 1470. The van der Waals surface area contributed by atoms with E-state index in [2.05, 4.69) is 9.88 Å². The number of hydrogen-bond acceptors (Lipinski definition) is 7. The number of aliphatic hydroxyl groups excluding tert-OH is 1. The number of hydrogen-bond donors (Lipinski definition) is 1. The highest BCUT2D eigenvalue weighted by molar-refractivity contribution is 6.11. The summed E-state index contributed by atoms with van der Waals surface area (Å²) in [6.07, 6.45) is 5.84. The van der Waals surface area contributed by atoms with E-state index in [-0.39, 0.29) is 5.78 Å². The van der Waals surface area contributed by atoms with Gasteiger partial charge in [0.1, 0.15) is 11.5 Å². The fourth-order valence-electron chi connectivity index (χ4n) is 5.28. The van der Waals surface area contributed by atoms with Gasteiger partial charge in [-0.2, -0.15) is 0 Å². The van der Waals surface area contributed by atoms with Crippen molar-refractivity contribution in [1.29, 1.82) is 0 Å². The van der Waals surface area contributed by atoms with Crippen LogP contribution >= 0.6 is 0 Å². The molecule has 41 heavy (non-hydrogen) atoms. The van der Waals surface area contributed by atoms with Crippen LogP contribution in [-0.2, 0) is 0 Å². The van der Waals surface area contributed by atoms with Gasteiger partial charge in [-0.15, -0.1) is 0 Å². The number of likely N-dealkylation sites (tertiary alicyclic amines) is 1. The minimum Gasteiger partial charge on any atom is -0.493 e. The number of carbonyl (C=O) groups is 1. The fraction of sp³-hybridized carbons (Fsp3) is 0.353. The molecular weight excluding hydrogens is 516 g/mol. The second-order valence-electron chi connectivity index (χ2n) is 10.6. The zero-order valence-corrected chi connectivity index (χ0v) is 23.8. The number of ether oxygens (including phenoxy) is 3. The number of rotatable bonds is 12. The number of methoxy groups -OCH3 is 1. The molecule has 0 bridgehead atoms. The molecule has 0 atom stereocenters. The Balaban J connectivity index is 1.28. The van der Waals surface area contributed by atoms with E-state index < -0.39 is 0 Å². The van der Waals surface area contributed by atoms with Gasteiger partial charge in [0.05, 0.1) is 24.8 Å². The van der Waals surface area contributed by atoms with Crippen molar-refractivity contribution in [2.45, 2.75) is 32.6 Å². The van der Waals surface area contributed by atoms with E-state index in [9.17, 15) is 9.90 Å². The minimum atomic E-state index is -0.0921. The average molecular weight is 555 g/mol. The van der Waals surface area contributed by atoms with Crippen LogP contribution in [0.25, 0.3) is 10.9 Å². The quantitative estimate of drug-likeness (QED) is 0.159. The molecule has 0 saturated carbocycles. The lowest BCUT2D eigenvalue weighted by Gasteiger charge is -2.30. The van der Waals surface area contributed by atoms with Crippen LogP contribution in [0.1, 0.15) is 47.2 Å².